The third-order valence-corrected chi connectivity index (χ3v) is 12.9. The molecule has 0 atom stereocenters. The molecule has 0 spiro atoms. The molecule has 3 aromatic rings. The first-order valence-corrected chi connectivity index (χ1v) is 18.4. The van der Waals surface area contributed by atoms with Crippen molar-refractivity contribution < 1.29 is 18.0 Å². The van der Waals surface area contributed by atoms with Gasteiger partial charge in [-0.25, -0.2) is 23.1 Å². The standard InChI is InChI=1S/C28H36ClN5O4S4/c1-7-28(4,5)33-42(37,38)19-9-8-18(22(29)17(19)3)24-23(27(36)34-12-10-16(2)11-13-34)32-26(41-24)25(35)31-14-20-30-15-21(39-6)40-20/h8-9,15-16,33H,7,10-14H2,1-6H3,(H,31,35). The monoisotopic (exact) mass is 669 g/mol. The number of amides is 2. The molecular formula is C28H36ClN5O4S4. The van der Waals surface area contributed by atoms with Crippen LogP contribution >= 0.6 is 46.0 Å². The molecule has 3 heterocycles. The van der Waals surface area contributed by atoms with E-state index in [9.17, 15) is 18.0 Å². The van der Waals surface area contributed by atoms with Crippen LogP contribution in [0.4, 0.5) is 0 Å². The summed E-state index contributed by atoms with van der Waals surface area (Å²) in [6.45, 7) is 10.8. The van der Waals surface area contributed by atoms with E-state index in [4.69, 9.17) is 11.6 Å². The Bertz CT molecular complexity index is 1580. The van der Waals surface area contributed by atoms with Crippen molar-refractivity contribution in [3.8, 4) is 10.4 Å². The topological polar surface area (TPSA) is 121 Å². The van der Waals surface area contributed by atoms with E-state index in [1.807, 2.05) is 27.0 Å². The number of sulfonamides is 1. The van der Waals surface area contributed by atoms with Gasteiger partial charge in [0.1, 0.15) is 10.7 Å². The van der Waals surface area contributed by atoms with Gasteiger partial charge < -0.3 is 10.2 Å². The van der Waals surface area contributed by atoms with Crippen LogP contribution in [-0.2, 0) is 16.6 Å². The molecule has 4 rings (SSSR count). The zero-order valence-corrected chi connectivity index (χ0v) is 28.6. The van der Waals surface area contributed by atoms with Crippen molar-refractivity contribution in [2.45, 2.75) is 75.1 Å². The number of halogens is 1. The van der Waals surface area contributed by atoms with E-state index in [-0.39, 0.29) is 33.1 Å². The minimum absolute atomic E-state index is 0.0613. The SMILES string of the molecule is CCC(C)(C)NS(=O)(=O)c1ccc(-c2sc(C(=O)NCc3ncc(SC)s3)nc2C(=O)N2CCC(C)CC2)c(Cl)c1C. The number of nitrogens with one attached hydrogen (secondary N) is 2. The van der Waals surface area contributed by atoms with Gasteiger partial charge in [-0.2, -0.15) is 0 Å². The van der Waals surface area contributed by atoms with Gasteiger partial charge in [0.15, 0.2) is 5.01 Å². The smallest absolute Gasteiger partial charge is 0.280 e. The van der Waals surface area contributed by atoms with E-state index in [0.717, 1.165) is 33.4 Å². The highest BCUT2D eigenvalue weighted by atomic mass is 35.5. The molecule has 2 aromatic heterocycles. The summed E-state index contributed by atoms with van der Waals surface area (Å²) in [6.07, 6.45) is 6.11. The normalized spacial score (nSPS) is 14.8. The fourth-order valence-electron chi connectivity index (χ4n) is 4.43. The Morgan fingerprint density at radius 2 is 1.90 bits per heavy atom. The van der Waals surface area contributed by atoms with E-state index in [1.54, 1.807) is 35.8 Å². The summed E-state index contributed by atoms with van der Waals surface area (Å²) >= 11 is 11.0. The highest BCUT2D eigenvalue weighted by Crippen LogP contribution is 2.40. The molecule has 9 nitrogen and oxygen atoms in total. The van der Waals surface area contributed by atoms with Crippen molar-refractivity contribution in [3.63, 3.8) is 0 Å². The maximum absolute atomic E-state index is 13.7. The number of carbonyl (C=O) groups is 2. The van der Waals surface area contributed by atoms with Crippen molar-refractivity contribution in [2.24, 2.45) is 5.92 Å². The van der Waals surface area contributed by atoms with Crippen LogP contribution in [0.3, 0.4) is 0 Å². The highest BCUT2D eigenvalue weighted by molar-refractivity contribution is 8.00. The van der Waals surface area contributed by atoms with Crippen molar-refractivity contribution >= 4 is 67.9 Å². The Morgan fingerprint density at radius 1 is 1.21 bits per heavy atom. The molecule has 0 saturated carbocycles. The number of hydrogen-bond acceptors (Lipinski definition) is 9. The van der Waals surface area contributed by atoms with Gasteiger partial charge in [0.2, 0.25) is 10.0 Å². The maximum Gasteiger partial charge on any atom is 0.280 e. The molecule has 1 aliphatic rings. The number of thioether (sulfide) groups is 1. The second kappa shape index (κ2) is 13.3. The minimum atomic E-state index is -3.87. The number of carbonyl (C=O) groups excluding carboxylic acids is 2. The van der Waals surface area contributed by atoms with Crippen molar-refractivity contribution in [3.05, 3.63) is 44.6 Å². The molecule has 2 amide bonds. The van der Waals surface area contributed by atoms with Crippen molar-refractivity contribution in [1.29, 1.82) is 0 Å². The number of benzene rings is 1. The first kappa shape index (κ1) is 32.9. The molecule has 1 fully saturated rings. The summed E-state index contributed by atoms with van der Waals surface area (Å²) in [5.74, 6) is -0.166. The van der Waals surface area contributed by atoms with Crippen LogP contribution in [0.15, 0.2) is 27.4 Å². The van der Waals surface area contributed by atoms with Crippen LogP contribution in [0.1, 0.15) is 77.8 Å². The van der Waals surface area contributed by atoms with Gasteiger partial charge in [-0.15, -0.1) is 34.4 Å². The molecule has 0 bridgehead atoms. The zero-order chi connectivity index (χ0) is 30.8. The van der Waals surface area contributed by atoms with Gasteiger partial charge in [0, 0.05) is 24.2 Å². The number of rotatable bonds is 10. The number of thiazole rings is 2. The van der Waals surface area contributed by atoms with Crippen molar-refractivity contribution in [1.82, 2.24) is 24.9 Å². The summed E-state index contributed by atoms with van der Waals surface area (Å²) in [5, 5.41) is 3.93. The Labute approximate surface area is 264 Å². The lowest BCUT2D eigenvalue weighted by Crippen LogP contribution is -2.42. The zero-order valence-electron chi connectivity index (χ0n) is 24.5. The molecule has 1 aromatic carbocycles. The third kappa shape index (κ3) is 7.36. The number of nitrogens with zero attached hydrogens (tertiary/aromatic N) is 3. The molecular weight excluding hydrogens is 634 g/mol. The summed E-state index contributed by atoms with van der Waals surface area (Å²) < 4.78 is 30.3. The predicted molar refractivity (Wildman–Crippen MR) is 171 cm³/mol. The van der Waals surface area contributed by atoms with Crippen LogP contribution in [0, 0.1) is 12.8 Å². The average molecular weight is 670 g/mol. The lowest BCUT2D eigenvalue weighted by molar-refractivity contribution is 0.0692. The van der Waals surface area contributed by atoms with Crippen LogP contribution in [0.5, 0.6) is 0 Å². The van der Waals surface area contributed by atoms with Gasteiger partial charge in [-0.1, -0.05) is 31.5 Å². The first-order chi connectivity index (χ1) is 19.8. The molecule has 0 aliphatic carbocycles. The van der Waals surface area contributed by atoms with Gasteiger partial charge in [0.25, 0.3) is 11.8 Å². The van der Waals surface area contributed by atoms with Crippen LogP contribution in [0.25, 0.3) is 10.4 Å². The van der Waals surface area contributed by atoms with Gasteiger partial charge >= 0.3 is 0 Å². The minimum Gasteiger partial charge on any atom is -0.343 e. The van der Waals surface area contributed by atoms with Crippen LogP contribution in [0.2, 0.25) is 5.02 Å². The predicted octanol–water partition coefficient (Wildman–Crippen LogP) is 6.22. The second-order valence-corrected chi connectivity index (χ2v) is 16.3. The molecule has 14 heteroatoms. The van der Waals surface area contributed by atoms with Gasteiger partial charge in [-0.05, 0) is 63.8 Å². The van der Waals surface area contributed by atoms with Gasteiger partial charge in [0.05, 0.1) is 31.7 Å². The third-order valence-electron chi connectivity index (χ3n) is 7.39. The fraction of sp³-hybridized carbons (Fsp3) is 0.500. The van der Waals surface area contributed by atoms with Crippen molar-refractivity contribution in [2.75, 3.05) is 19.3 Å². The Balaban J connectivity index is 1.71. The average Bonchev–Trinajstić information content (AvgIpc) is 3.60. The quantitative estimate of drug-likeness (QED) is 0.246. The highest BCUT2D eigenvalue weighted by Gasteiger charge is 2.31. The molecule has 1 saturated heterocycles. The maximum atomic E-state index is 13.7. The number of piperidine rings is 1. The molecule has 228 valence electrons. The van der Waals surface area contributed by atoms with Crippen LogP contribution < -0.4 is 10.0 Å². The lowest BCUT2D eigenvalue weighted by Gasteiger charge is -2.30. The summed E-state index contributed by atoms with van der Waals surface area (Å²) in [4.78, 5) is 38.0. The molecule has 0 radical (unpaired) electrons. The summed E-state index contributed by atoms with van der Waals surface area (Å²) in [5.41, 5.74) is 0.308. The number of aromatic nitrogens is 2. The van der Waals surface area contributed by atoms with E-state index in [2.05, 4.69) is 26.9 Å². The van der Waals surface area contributed by atoms with Gasteiger partial charge in [-0.3, -0.25) is 9.59 Å². The fourth-order valence-corrected chi connectivity index (χ4v) is 8.91. The second-order valence-electron chi connectivity index (χ2n) is 11.0. The Hall–Kier alpha value is -2.03. The van der Waals surface area contributed by atoms with E-state index in [1.165, 1.54) is 17.4 Å². The number of likely N-dealkylation sites (tertiary alicyclic amines) is 1. The van der Waals surface area contributed by atoms with E-state index in [0.29, 0.717) is 41.4 Å². The summed E-state index contributed by atoms with van der Waals surface area (Å²) in [7, 11) is -3.87. The number of hydrogen-bond donors (Lipinski definition) is 2. The van der Waals surface area contributed by atoms with Crippen LogP contribution in [-0.4, -0.2) is 60.0 Å². The van der Waals surface area contributed by atoms with E-state index >= 15 is 0 Å². The largest absolute Gasteiger partial charge is 0.343 e. The molecule has 1 aliphatic heterocycles. The lowest BCUT2D eigenvalue weighted by atomic mass is 9.99. The Morgan fingerprint density at radius 3 is 2.52 bits per heavy atom. The summed E-state index contributed by atoms with van der Waals surface area (Å²) in [6, 6.07) is 3.08. The van der Waals surface area contributed by atoms with E-state index < -0.39 is 21.5 Å². The molecule has 2 N–H and O–H groups in total. The first-order valence-electron chi connectivity index (χ1n) is 13.7. The molecule has 42 heavy (non-hydrogen) atoms. The molecule has 0 unspecified atom stereocenters. The Kier molecular flexibility index (Phi) is 10.4.